The van der Waals surface area contributed by atoms with E-state index in [9.17, 15) is 0 Å². The lowest BCUT2D eigenvalue weighted by atomic mass is 9.81. The van der Waals surface area contributed by atoms with E-state index in [-0.39, 0.29) is 10.8 Å². The van der Waals surface area contributed by atoms with E-state index in [1.54, 1.807) is 0 Å². The SMILES string of the molecule is CC1(C)c2ccccc2-c2ccc(-c3ccc4oc5c6ccccc6c(N(c6ccc(-c7ccccc7)cc6)c6ccc7c(c6)C(C)(C)c6ccccc6-7)cc5c4c3)cc21. The molecule has 0 amide bonds. The maximum Gasteiger partial charge on any atom is 0.143 e. The summed E-state index contributed by atoms with van der Waals surface area (Å²) in [7, 11) is 0. The molecular weight excluding hydrogens is 727 g/mol. The number of rotatable bonds is 5. The quantitative estimate of drug-likeness (QED) is 0.173. The Balaban J connectivity index is 1.06. The fraction of sp³-hybridized carbons (Fsp3) is 0.103. The summed E-state index contributed by atoms with van der Waals surface area (Å²) in [4.78, 5) is 2.46. The summed E-state index contributed by atoms with van der Waals surface area (Å²) in [5.74, 6) is 0. The van der Waals surface area contributed by atoms with E-state index in [2.05, 4.69) is 221 Å². The van der Waals surface area contributed by atoms with Crippen molar-refractivity contribution in [1.82, 2.24) is 0 Å². The van der Waals surface area contributed by atoms with E-state index in [0.29, 0.717) is 0 Å². The molecule has 0 saturated carbocycles. The van der Waals surface area contributed by atoms with Gasteiger partial charge < -0.3 is 9.32 Å². The van der Waals surface area contributed by atoms with Gasteiger partial charge in [0.05, 0.1) is 5.69 Å². The zero-order valence-electron chi connectivity index (χ0n) is 34.3. The molecule has 2 heteroatoms. The van der Waals surface area contributed by atoms with Crippen molar-refractivity contribution >= 4 is 49.8 Å². The third-order valence-electron chi connectivity index (χ3n) is 13.7. The Bertz CT molecular complexity index is 3370. The Kier molecular flexibility index (Phi) is 7.36. The van der Waals surface area contributed by atoms with Crippen LogP contribution in [0.2, 0.25) is 0 Å². The standard InChI is InChI=1S/C58H43NO/c1-57(2)50-20-12-10-16-42(50)44-29-24-39(33-52(44)57)38-25-31-55-48(32-38)49-35-54(46-18-8-9-19-47(46)56(49)60-55)59(40-26-22-37(23-27-40)36-14-6-5-7-15-36)41-28-30-45-43-17-11-13-21-51(43)58(3,4)53(45)34-41/h5-35H,1-4H3. The zero-order chi connectivity index (χ0) is 40.3. The molecule has 1 heterocycles. The third kappa shape index (κ3) is 5.01. The molecule has 9 aromatic carbocycles. The minimum absolute atomic E-state index is 0.0689. The topological polar surface area (TPSA) is 16.4 Å². The Morgan fingerprint density at radius 2 is 0.867 bits per heavy atom. The van der Waals surface area contributed by atoms with Crippen molar-refractivity contribution in [1.29, 1.82) is 0 Å². The van der Waals surface area contributed by atoms with Crippen LogP contribution in [0.3, 0.4) is 0 Å². The number of anilines is 3. The van der Waals surface area contributed by atoms with Gasteiger partial charge in [0.15, 0.2) is 0 Å². The van der Waals surface area contributed by atoms with E-state index in [1.807, 2.05) is 0 Å². The average Bonchev–Trinajstić information content (AvgIpc) is 3.86. The van der Waals surface area contributed by atoms with Gasteiger partial charge in [0.2, 0.25) is 0 Å². The highest BCUT2D eigenvalue weighted by atomic mass is 16.3. The van der Waals surface area contributed by atoms with Crippen molar-refractivity contribution in [3.63, 3.8) is 0 Å². The molecule has 2 nitrogen and oxygen atoms in total. The van der Waals surface area contributed by atoms with Gasteiger partial charge in [0, 0.05) is 43.7 Å². The summed E-state index contributed by atoms with van der Waals surface area (Å²) in [5, 5.41) is 4.45. The summed E-state index contributed by atoms with van der Waals surface area (Å²) in [6.07, 6.45) is 0. The zero-order valence-corrected chi connectivity index (χ0v) is 34.3. The molecule has 0 spiro atoms. The molecule has 10 aromatic rings. The Hall–Kier alpha value is -7.16. The molecule has 0 saturated heterocycles. The van der Waals surface area contributed by atoms with E-state index in [0.717, 1.165) is 49.8 Å². The van der Waals surface area contributed by atoms with Crippen LogP contribution < -0.4 is 4.90 Å². The lowest BCUT2D eigenvalue weighted by molar-refractivity contribution is 0.660. The Morgan fingerprint density at radius 3 is 1.58 bits per heavy atom. The van der Waals surface area contributed by atoms with Gasteiger partial charge in [0.1, 0.15) is 11.2 Å². The Morgan fingerprint density at radius 1 is 0.350 bits per heavy atom. The summed E-state index contributed by atoms with van der Waals surface area (Å²) in [6.45, 7) is 9.42. The van der Waals surface area contributed by atoms with E-state index >= 15 is 0 Å². The summed E-state index contributed by atoms with van der Waals surface area (Å²) < 4.78 is 6.82. The first-order valence-electron chi connectivity index (χ1n) is 21.1. The fourth-order valence-corrected chi connectivity index (χ4v) is 10.5. The van der Waals surface area contributed by atoms with Crippen molar-refractivity contribution in [2.75, 3.05) is 4.90 Å². The van der Waals surface area contributed by atoms with Crippen LogP contribution in [-0.2, 0) is 10.8 Å². The highest BCUT2D eigenvalue weighted by Crippen LogP contribution is 2.53. The summed E-state index contributed by atoms with van der Waals surface area (Å²) in [6, 6.07) is 69.3. The van der Waals surface area contributed by atoms with Crippen LogP contribution in [0, 0.1) is 0 Å². The van der Waals surface area contributed by atoms with Gasteiger partial charge >= 0.3 is 0 Å². The molecule has 0 N–H and O–H groups in total. The second-order valence-electron chi connectivity index (χ2n) is 17.7. The predicted molar refractivity (Wildman–Crippen MR) is 252 cm³/mol. The second-order valence-corrected chi connectivity index (χ2v) is 17.7. The van der Waals surface area contributed by atoms with Crippen LogP contribution in [0.15, 0.2) is 192 Å². The van der Waals surface area contributed by atoms with Crippen molar-refractivity contribution < 1.29 is 4.42 Å². The van der Waals surface area contributed by atoms with Crippen molar-refractivity contribution in [3.05, 3.63) is 210 Å². The number of furan rings is 1. The van der Waals surface area contributed by atoms with Crippen LogP contribution in [-0.4, -0.2) is 0 Å². The molecule has 2 aliphatic rings. The summed E-state index contributed by atoms with van der Waals surface area (Å²) >= 11 is 0. The number of benzene rings is 9. The number of fused-ring (bicyclic) bond motifs is 11. The van der Waals surface area contributed by atoms with Gasteiger partial charge in [0.25, 0.3) is 0 Å². The molecule has 0 radical (unpaired) electrons. The normalized spacial score (nSPS) is 14.3. The highest BCUT2D eigenvalue weighted by Gasteiger charge is 2.37. The van der Waals surface area contributed by atoms with Gasteiger partial charge in [-0.15, -0.1) is 0 Å². The first-order chi connectivity index (χ1) is 29.3. The van der Waals surface area contributed by atoms with Gasteiger partial charge in [-0.3, -0.25) is 0 Å². The van der Waals surface area contributed by atoms with Crippen LogP contribution in [0.4, 0.5) is 17.1 Å². The molecule has 1 aromatic heterocycles. The second kappa shape index (κ2) is 12.7. The van der Waals surface area contributed by atoms with E-state index in [1.165, 1.54) is 66.8 Å². The van der Waals surface area contributed by atoms with Gasteiger partial charge in [-0.1, -0.05) is 167 Å². The van der Waals surface area contributed by atoms with Crippen LogP contribution in [0.5, 0.6) is 0 Å². The first kappa shape index (κ1) is 34.8. The van der Waals surface area contributed by atoms with E-state index < -0.39 is 0 Å². The monoisotopic (exact) mass is 769 g/mol. The lowest BCUT2D eigenvalue weighted by Crippen LogP contribution is -2.16. The van der Waals surface area contributed by atoms with Crippen molar-refractivity contribution in [3.8, 4) is 44.5 Å². The third-order valence-corrected chi connectivity index (χ3v) is 13.7. The number of hydrogen-bond acceptors (Lipinski definition) is 2. The molecule has 0 atom stereocenters. The molecule has 0 aliphatic heterocycles. The Labute approximate surface area is 351 Å². The minimum Gasteiger partial charge on any atom is -0.455 e. The lowest BCUT2D eigenvalue weighted by Gasteiger charge is -2.29. The molecule has 0 bridgehead atoms. The number of nitrogens with zero attached hydrogens (tertiary/aromatic N) is 1. The van der Waals surface area contributed by atoms with Crippen LogP contribution >= 0.6 is 0 Å². The molecule has 0 unspecified atom stereocenters. The molecule has 2 aliphatic carbocycles. The molecule has 12 rings (SSSR count). The highest BCUT2D eigenvalue weighted by molar-refractivity contribution is 6.20. The maximum absolute atomic E-state index is 6.82. The van der Waals surface area contributed by atoms with Gasteiger partial charge in [-0.05, 0) is 115 Å². The maximum atomic E-state index is 6.82. The smallest absolute Gasteiger partial charge is 0.143 e. The van der Waals surface area contributed by atoms with Crippen LogP contribution in [0.25, 0.3) is 77.2 Å². The fourth-order valence-electron chi connectivity index (χ4n) is 10.5. The molecular formula is C58H43NO. The predicted octanol–water partition coefficient (Wildman–Crippen LogP) is 16.2. The first-order valence-corrected chi connectivity index (χ1v) is 21.1. The largest absolute Gasteiger partial charge is 0.455 e. The molecule has 286 valence electrons. The van der Waals surface area contributed by atoms with Crippen LogP contribution in [0.1, 0.15) is 49.9 Å². The minimum atomic E-state index is -0.135. The van der Waals surface area contributed by atoms with Crippen molar-refractivity contribution in [2.24, 2.45) is 0 Å². The van der Waals surface area contributed by atoms with Gasteiger partial charge in [-0.2, -0.15) is 0 Å². The summed E-state index contributed by atoms with van der Waals surface area (Å²) in [5.41, 5.74) is 20.5. The average molecular weight is 770 g/mol. The molecule has 60 heavy (non-hydrogen) atoms. The van der Waals surface area contributed by atoms with Crippen molar-refractivity contribution in [2.45, 2.75) is 38.5 Å². The van der Waals surface area contributed by atoms with Gasteiger partial charge in [-0.25, -0.2) is 0 Å². The number of hydrogen-bond donors (Lipinski definition) is 0. The molecule has 0 fully saturated rings. The van der Waals surface area contributed by atoms with E-state index in [4.69, 9.17) is 4.42 Å².